The summed E-state index contributed by atoms with van der Waals surface area (Å²) in [5.74, 6) is 0.686. The monoisotopic (exact) mass is 372 g/mol. The van der Waals surface area contributed by atoms with Gasteiger partial charge in [0.1, 0.15) is 5.75 Å². The highest BCUT2D eigenvalue weighted by molar-refractivity contribution is 7.10. The van der Waals surface area contributed by atoms with Gasteiger partial charge in [0.2, 0.25) is 0 Å². The van der Waals surface area contributed by atoms with Gasteiger partial charge in [-0.05, 0) is 74.5 Å². The SMILES string of the molecule is Cc1cc(C)cc(OCC(=O)NC[C@@H](c2cccs2)N2CCCCC2)c1. The maximum Gasteiger partial charge on any atom is 0.258 e. The smallest absolute Gasteiger partial charge is 0.258 e. The highest BCUT2D eigenvalue weighted by atomic mass is 32.1. The van der Waals surface area contributed by atoms with E-state index in [4.69, 9.17) is 4.74 Å². The molecule has 1 aliphatic rings. The first-order chi connectivity index (χ1) is 12.6. The minimum Gasteiger partial charge on any atom is -0.484 e. The zero-order chi connectivity index (χ0) is 18.4. The van der Waals surface area contributed by atoms with Gasteiger partial charge in [0, 0.05) is 11.4 Å². The van der Waals surface area contributed by atoms with Crippen LogP contribution in [-0.4, -0.2) is 37.0 Å². The fourth-order valence-corrected chi connectivity index (χ4v) is 4.41. The molecule has 3 rings (SSSR count). The van der Waals surface area contributed by atoms with Crippen LogP contribution in [0.1, 0.15) is 41.3 Å². The molecule has 0 spiro atoms. The van der Waals surface area contributed by atoms with Gasteiger partial charge < -0.3 is 10.1 Å². The summed E-state index contributed by atoms with van der Waals surface area (Å²) in [6.07, 6.45) is 3.79. The number of piperidine rings is 1. The predicted octanol–water partition coefficient (Wildman–Crippen LogP) is 4.09. The molecule has 1 saturated heterocycles. The number of hydrogen-bond acceptors (Lipinski definition) is 4. The maximum absolute atomic E-state index is 12.3. The van der Waals surface area contributed by atoms with E-state index in [0.29, 0.717) is 6.54 Å². The lowest BCUT2D eigenvalue weighted by Crippen LogP contribution is -2.41. The molecule has 5 heteroatoms. The van der Waals surface area contributed by atoms with Crippen LogP contribution < -0.4 is 10.1 Å². The van der Waals surface area contributed by atoms with E-state index in [2.05, 4.69) is 33.8 Å². The molecule has 2 aromatic rings. The Labute approximate surface area is 160 Å². The summed E-state index contributed by atoms with van der Waals surface area (Å²) in [6.45, 7) is 6.97. The molecule has 4 nitrogen and oxygen atoms in total. The minimum absolute atomic E-state index is 0.0556. The number of carbonyl (C=O) groups is 1. The van der Waals surface area contributed by atoms with Crippen LogP contribution in [-0.2, 0) is 4.79 Å². The van der Waals surface area contributed by atoms with E-state index in [-0.39, 0.29) is 18.6 Å². The van der Waals surface area contributed by atoms with Crippen LogP contribution in [0, 0.1) is 13.8 Å². The van der Waals surface area contributed by atoms with Gasteiger partial charge in [0.05, 0.1) is 6.04 Å². The number of nitrogens with zero attached hydrogens (tertiary/aromatic N) is 1. The Kier molecular flexibility index (Phi) is 6.69. The van der Waals surface area contributed by atoms with Gasteiger partial charge in [-0.15, -0.1) is 11.3 Å². The van der Waals surface area contributed by atoms with Crippen molar-refractivity contribution in [2.75, 3.05) is 26.2 Å². The Balaban J connectivity index is 1.53. The number of benzene rings is 1. The van der Waals surface area contributed by atoms with Gasteiger partial charge in [-0.1, -0.05) is 18.6 Å². The van der Waals surface area contributed by atoms with Gasteiger partial charge in [-0.25, -0.2) is 0 Å². The van der Waals surface area contributed by atoms with Crippen LogP contribution in [0.2, 0.25) is 0 Å². The molecule has 1 aromatic carbocycles. The van der Waals surface area contributed by atoms with Crippen LogP contribution in [0.3, 0.4) is 0 Å². The van der Waals surface area contributed by atoms with E-state index in [9.17, 15) is 4.79 Å². The topological polar surface area (TPSA) is 41.6 Å². The largest absolute Gasteiger partial charge is 0.484 e. The second-order valence-electron chi connectivity index (χ2n) is 7.04. The summed E-state index contributed by atoms with van der Waals surface area (Å²) in [5.41, 5.74) is 2.28. The van der Waals surface area contributed by atoms with Gasteiger partial charge in [0.25, 0.3) is 5.91 Å². The normalized spacial score (nSPS) is 16.2. The van der Waals surface area contributed by atoms with Gasteiger partial charge in [-0.2, -0.15) is 0 Å². The average molecular weight is 373 g/mol. The third-order valence-electron chi connectivity index (χ3n) is 4.76. The molecule has 0 aliphatic carbocycles. The van der Waals surface area contributed by atoms with Crippen LogP contribution >= 0.6 is 11.3 Å². The summed E-state index contributed by atoms with van der Waals surface area (Å²) < 4.78 is 5.67. The maximum atomic E-state index is 12.3. The van der Waals surface area contributed by atoms with E-state index in [1.165, 1.54) is 24.1 Å². The number of amides is 1. The van der Waals surface area contributed by atoms with Crippen molar-refractivity contribution in [2.45, 2.75) is 39.2 Å². The molecule has 1 N–H and O–H groups in total. The number of carbonyl (C=O) groups excluding carboxylic acids is 1. The molecule has 0 saturated carbocycles. The molecule has 0 radical (unpaired) electrons. The summed E-state index contributed by atoms with van der Waals surface area (Å²) in [6, 6.07) is 10.5. The second-order valence-corrected chi connectivity index (χ2v) is 8.02. The minimum atomic E-state index is -0.0669. The molecule has 26 heavy (non-hydrogen) atoms. The van der Waals surface area contributed by atoms with E-state index in [0.717, 1.165) is 30.0 Å². The van der Waals surface area contributed by atoms with Crippen molar-refractivity contribution in [3.8, 4) is 5.75 Å². The van der Waals surface area contributed by atoms with E-state index >= 15 is 0 Å². The predicted molar refractivity (Wildman–Crippen MR) is 107 cm³/mol. The molecule has 1 fully saturated rings. The number of ether oxygens (including phenoxy) is 1. The first kappa shape index (κ1) is 18.9. The summed E-state index contributed by atoms with van der Waals surface area (Å²) in [5, 5.41) is 5.18. The standard InChI is InChI=1S/C21H28N2O2S/c1-16-11-17(2)13-18(12-16)25-15-21(24)22-14-19(20-7-6-10-26-20)23-8-4-3-5-9-23/h6-7,10-13,19H,3-5,8-9,14-15H2,1-2H3,(H,22,24)/t19-/m0/s1. The zero-order valence-electron chi connectivity index (χ0n) is 15.7. The summed E-state index contributed by atoms with van der Waals surface area (Å²) in [4.78, 5) is 16.1. The van der Waals surface area contributed by atoms with Crippen molar-refractivity contribution >= 4 is 17.2 Å². The van der Waals surface area contributed by atoms with E-state index in [1.54, 1.807) is 11.3 Å². The molecule has 1 aliphatic heterocycles. The summed E-state index contributed by atoms with van der Waals surface area (Å²) >= 11 is 1.77. The van der Waals surface area contributed by atoms with Crippen molar-refractivity contribution in [1.29, 1.82) is 0 Å². The highest BCUT2D eigenvalue weighted by Crippen LogP contribution is 2.27. The third-order valence-corrected chi connectivity index (χ3v) is 5.73. The lowest BCUT2D eigenvalue weighted by Gasteiger charge is -2.34. The van der Waals surface area contributed by atoms with Crippen molar-refractivity contribution in [3.63, 3.8) is 0 Å². The third kappa shape index (κ3) is 5.32. The van der Waals surface area contributed by atoms with Gasteiger partial charge >= 0.3 is 0 Å². The Bertz CT molecular complexity index is 689. The first-order valence-corrected chi connectivity index (χ1v) is 10.2. The Morgan fingerprint density at radius 3 is 2.58 bits per heavy atom. The number of hydrogen-bond donors (Lipinski definition) is 1. The van der Waals surface area contributed by atoms with Crippen molar-refractivity contribution in [2.24, 2.45) is 0 Å². The summed E-state index contributed by atoms with van der Waals surface area (Å²) in [7, 11) is 0. The van der Waals surface area contributed by atoms with Gasteiger partial charge in [0.15, 0.2) is 6.61 Å². The number of nitrogens with one attached hydrogen (secondary N) is 1. The van der Waals surface area contributed by atoms with Crippen molar-refractivity contribution in [3.05, 3.63) is 51.7 Å². The molecule has 1 amide bonds. The fourth-order valence-electron chi connectivity index (χ4n) is 3.55. The second kappa shape index (κ2) is 9.19. The lowest BCUT2D eigenvalue weighted by molar-refractivity contribution is -0.123. The Morgan fingerprint density at radius 1 is 1.19 bits per heavy atom. The fraction of sp³-hybridized carbons (Fsp3) is 0.476. The molecule has 1 aromatic heterocycles. The lowest BCUT2D eigenvalue weighted by atomic mass is 10.1. The molecular weight excluding hydrogens is 344 g/mol. The number of aryl methyl sites for hydroxylation is 2. The Hall–Kier alpha value is -1.85. The van der Waals surface area contributed by atoms with E-state index < -0.39 is 0 Å². The van der Waals surface area contributed by atoms with Crippen molar-refractivity contribution < 1.29 is 9.53 Å². The number of thiophene rings is 1. The van der Waals surface area contributed by atoms with Crippen molar-refractivity contribution in [1.82, 2.24) is 10.2 Å². The number of rotatable bonds is 7. The van der Waals surface area contributed by atoms with Crippen LogP contribution in [0.25, 0.3) is 0 Å². The average Bonchev–Trinajstić information content (AvgIpc) is 3.15. The molecule has 1 atom stereocenters. The van der Waals surface area contributed by atoms with E-state index in [1.807, 2.05) is 26.0 Å². The molecule has 0 unspecified atom stereocenters. The molecule has 2 heterocycles. The van der Waals surface area contributed by atoms with Crippen LogP contribution in [0.4, 0.5) is 0 Å². The first-order valence-electron chi connectivity index (χ1n) is 9.37. The Morgan fingerprint density at radius 2 is 1.92 bits per heavy atom. The molecular formula is C21H28N2O2S. The molecule has 140 valence electrons. The molecule has 0 bridgehead atoms. The number of likely N-dealkylation sites (tertiary alicyclic amines) is 1. The van der Waals surface area contributed by atoms with Crippen LogP contribution in [0.5, 0.6) is 5.75 Å². The zero-order valence-corrected chi connectivity index (χ0v) is 16.5. The van der Waals surface area contributed by atoms with Gasteiger partial charge in [-0.3, -0.25) is 9.69 Å². The highest BCUT2D eigenvalue weighted by Gasteiger charge is 2.23. The quantitative estimate of drug-likeness (QED) is 0.796. The van der Waals surface area contributed by atoms with Crippen LogP contribution in [0.15, 0.2) is 35.7 Å².